The van der Waals surface area contributed by atoms with Crippen molar-refractivity contribution in [2.24, 2.45) is 5.41 Å². The molecule has 1 aliphatic rings. The highest BCUT2D eigenvalue weighted by Crippen LogP contribution is 2.48. The number of aromatic nitrogens is 3. The third-order valence-corrected chi connectivity index (χ3v) is 24.0. The summed E-state index contributed by atoms with van der Waals surface area (Å²) in [5.41, 5.74) is -0.338. The molecule has 0 fully saturated rings. The Kier molecular flexibility index (Phi) is 31.8. The quantitative estimate of drug-likeness (QED) is 0.0207. The maximum atomic E-state index is 14.2. The van der Waals surface area contributed by atoms with Crippen molar-refractivity contribution in [3.05, 3.63) is 349 Å². The topological polar surface area (TPSA) is 244 Å². The number of allylic oxidation sites excluding steroid dienone is 1. The monoisotopic (exact) mass is 2000 g/mol. The SMILES string of the molecule is C=C1CC(C)(C)Cc2nc(NC(=O)NC(Cc3ccccc3)(c3cccc(OC(F)(F)F)c3)c3cccc(OC(F)(F)F)c3)sc21.COC(=O)c1nc(NC(=O)NC(Cc2ccccc2)(c2cccc(OC(F)(F)F)c2)c2cccc(OC(F)(F)F)c2)sc1C(C)C.Cc1ccc(-c2csc(NC(=O)NC(Cc3ccccc3)(c3cccc(OC(F)(F)F)c3)c3cccc(OC(F)(F)F)c3)n2)cc1F. The first kappa shape index (κ1) is 104. The number of fused-ring (bicyclic) bond motifs is 1. The van der Waals surface area contributed by atoms with Gasteiger partial charge in [0, 0.05) is 35.1 Å². The van der Waals surface area contributed by atoms with E-state index in [0.29, 0.717) is 44.8 Å². The fraction of sp³-hybridized carbons (Fsp3) is 0.227. The van der Waals surface area contributed by atoms with Gasteiger partial charge in [-0.3, -0.25) is 16.0 Å². The lowest BCUT2D eigenvalue weighted by Gasteiger charge is -2.37. The molecule has 0 radical (unpaired) electrons. The van der Waals surface area contributed by atoms with Crippen LogP contribution >= 0.6 is 34.0 Å². The van der Waals surface area contributed by atoms with E-state index in [2.05, 4.69) is 95.7 Å². The average molecular weight is 2000 g/mol. The molecule has 3 aromatic heterocycles. The van der Waals surface area contributed by atoms with Crippen molar-refractivity contribution in [3.8, 4) is 45.8 Å². The number of rotatable bonds is 27. The lowest BCUT2D eigenvalue weighted by Crippen LogP contribution is -2.50. The molecule has 0 bridgehead atoms. The highest BCUT2D eigenvalue weighted by molar-refractivity contribution is 7.17. The molecular weight excluding hydrogens is 1920 g/mol. The summed E-state index contributed by atoms with van der Waals surface area (Å²) in [6.07, 6.45) is -29.2. The van der Waals surface area contributed by atoms with Crippen molar-refractivity contribution >= 4 is 79.0 Å². The van der Waals surface area contributed by atoms with Crippen LogP contribution in [0.3, 0.4) is 0 Å². The Labute approximate surface area is 792 Å². The van der Waals surface area contributed by atoms with E-state index in [1.807, 2.05) is 0 Å². The molecule has 0 unspecified atom stereocenters. The molecule has 3 heterocycles. The van der Waals surface area contributed by atoms with Crippen LogP contribution in [0, 0.1) is 18.2 Å². The molecule has 139 heavy (non-hydrogen) atoms. The number of urea groups is 3. The van der Waals surface area contributed by atoms with E-state index in [-0.39, 0.29) is 85.1 Å². The second-order valence-corrected chi connectivity index (χ2v) is 35.1. The van der Waals surface area contributed by atoms with Crippen LogP contribution < -0.4 is 60.3 Å². The Morgan fingerprint density at radius 2 is 0.719 bits per heavy atom. The van der Waals surface area contributed by atoms with Crippen LogP contribution in [-0.2, 0) is 47.0 Å². The number of benzene rings is 10. The second-order valence-electron chi connectivity index (χ2n) is 32.2. The number of methoxy groups -OCH3 is 1. The summed E-state index contributed by atoms with van der Waals surface area (Å²) in [5.74, 6) is -5.00. The largest absolute Gasteiger partial charge is 0.573 e. The molecule has 0 atom stereocenters. The highest BCUT2D eigenvalue weighted by Gasteiger charge is 2.46. The van der Waals surface area contributed by atoms with Gasteiger partial charge in [-0.2, -0.15) is 0 Å². The van der Waals surface area contributed by atoms with Gasteiger partial charge in [0.2, 0.25) is 0 Å². The van der Waals surface area contributed by atoms with Gasteiger partial charge >= 0.3 is 62.2 Å². The number of alkyl halides is 18. The Morgan fingerprint density at radius 1 is 0.403 bits per heavy atom. The summed E-state index contributed by atoms with van der Waals surface area (Å²) in [5, 5.41) is 18.2. The third kappa shape index (κ3) is 28.9. The minimum absolute atomic E-state index is 0.00137. The van der Waals surface area contributed by atoms with Gasteiger partial charge in [0.1, 0.15) is 40.3 Å². The predicted molar refractivity (Wildman–Crippen MR) is 481 cm³/mol. The second kappa shape index (κ2) is 42.7. The van der Waals surface area contributed by atoms with Gasteiger partial charge in [-0.25, -0.2) is 38.5 Å². The van der Waals surface area contributed by atoms with Crippen molar-refractivity contribution in [1.82, 2.24) is 30.9 Å². The molecule has 0 saturated carbocycles. The van der Waals surface area contributed by atoms with Crippen LogP contribution in [0.1, 0.15) is 122 Å². The molecule has 10 aromatic carbocycles. The number of nitrogens with one attached hydrogen (secondary N) is 6. The number of anilines is 3. The van der Waals surface area contributed by atoms with E-state index in [1.165, 1.54) is 97.3 Å². The number of carbonyl (C=O) groups excluding carboxylic acids is 4. The zero-order valence-corrected chi connectivity index (χ0v) is 75.8. The van der Waals surface area contributed by atoms with E-state index in [0.717, 1.165) is 118 Å². The molecule has 0 spiro atoms. The van der Waals surface area contributed by atoms with Gasteiger partial charge in [-0.05, 0) is 171 Å². The summed E-state index contributed by atoms with van der Waals surface area (Å²) in [6, 6.07) is 56.4. The predicted octanol–water partition coefficient (Wildman–Crippen LogP) is 26.8. The normalized spacial score (nSPS) is 12.9. The minimum Gasteiger partial charge on any atom is -0.464 e. The van der Waals surface area contributed by atoms with E-state index < -0.39 is 119 Å². The van der Waals surface area contributed by atoms with Gasteiger partial charge in [-0.1, -0.05) is 222 Å². The third-order valence-electron chi connectivity index (χ3n) is 20.8. The maximum absolute atomic E-state index is 14.2. The van der Waals surface area contributed by atoms with Crippen LogP contribution in [0.5, 0.6) is 34.5 Å². The van der Waals surface area contributed by atoms with E-state index in [9.17, 15) is 103 Å². The van der Waals surface area contributed by atoms with E-state index >= 15 is 0 Å². The van der Waals surface area contributed by atoms with Crippen LogP contribution in [0.15, 0.2) is 267 Å². The molecule has 14 rings (SSSR count). The molecule has 0 saturated heterocycles. The van der Waals surface area contributed by atoms with E-state index in [4.69, 9.17) is 4.74 Å². The molecule has 1 aliphatic carbocycles. The minimum atomic E-state index is -5.05. The fourth-order valence-electron chi connectivity index (χ4n) is 15.3. The Balaban J connectivity index is 0.000000187. The van der Waals surface area contributed by atoms with Gasteiger partial charge in [0.05, 0.1) is 40.0 Å². The molecule has 42 heteroatoms. The average Bonchev–Trinajstić information content (AvgIpc) is 1.18. The molecule has 6 N–H and O–H groups in total. The lowest BCUT2D eigenvalue weighted by molar-refractivity contribution is -0.275. The number of carbonyl (C=O) groups is 4. The lowest BCUT2D eigenvalue weighted by atomic mass is 9.77. The molecule has 0 aliphatic heterocycles. The summed E-state index contributed by atoms with van der Waals surface area (Å²) < 4.78 is 282. The summed E-state index contributed by atoms with van der Waals surface area (Å²) in [7, 11) is 1.18. The van der Waals surface area contributed by atoms with Crippen molar-refractivity contribution in [2.45, 2.75) is 127 Å². The number of halogens is 19. The van der Waals surface area contributed by atoms with Gasteiger partial charge in [0.25, 0.3) is 0 Å². The summed E-state index contributed by atoms with van der Waals surface area (Å²) in [6.45, 7) is 13.6. The Hall–Kier alpha value is -14.4. The number of esters is 1. The number of hydrogen-bond acceptors (Lipinski definition) is 17. The van der Waals surface area contributed by atoms with Gasteiger partial charge in [0.15, 0.2) is 21.1 Å². The molecule has 730 valence electrons. The van der Waals surface area contributed by atoms with Crippen molar-refractivity contribution in [2.75, 3.05) is 23.1 Å². The Bertz CT molecular complexity index is 6310. The number of hydrogen-bond donors (Lipinski definition) is 6. The first-order valence-electron chi connectivity index (χ1n) is 41.3. The fourth-order valence-corrected chi connectivity index (χ4v) is 17.9. The standard InChI is InChI=1S/C33H24F7N3O3S.C33H29F6N3O3S.C31H27F6N3O5S/c1-20-13-14-22(15-27(20)34)28-19-47-30(41-28)42-29(44)43-31(18-21-7-3-2-4-8-21,23-9-5-11-25(16-23)45-32(35,36)37)24-10-6-12-26(17-24)46-33(38,39)40;1-20-17-30(2,3)19-26-27(20)46-29(40-26)41-28(43)42-31(18-21-9-5-4-6-10-21,22-11-7-13-24(15-22)44-32(34,35)36)23-12-8-14-25(16-23)45-33(37,38)39;1-18(2)25-24(26(41)43-3)38-28(46-25)39-27(42)40-29(17-19-9-5-4-6-10-19,20-11-7-13-22(15-20)44-30(32,33)34)21-12-8-14-23(16-21)45-31(35,36)37/h2-17,19H,18H2,1H3,(H2,41,42,43,44);4-16H,1,17-19H2,2-3H3,(H2,40,41,42,43);4-16,18H,17H2,1-3H3,(H2,38,39,40,42). The summed E-state index contributed by atoms with van der Waals surface area (Å²) in [4.78, 5) is 68.1. The smallest absolute Gasteiger partial charge is 0.464 e. The zero-order chi connectivity index (χ0) is 101. The maximum Gasteiger partial charge on any atom is 0.573 e. The van der Waals surface area contributed by atoms with Crippen LogP contribution in [-0.4, -0.2) is 84.3 Å². The molecule has 6 amide bonds. The molecule has 20 nitrogen and oxygen atoms in total. The van der Waals surface area contributed by atoms with Gasteiger partial charge in [-0.15, -0.1) is 102 Å². The number of nitrogens with zero attached hydrogens (tertiary/aromatic N) is 3. The van der Waals surface area contributed by atoms with Gasteiger partial charge < -0.3 is 49.1 Å². The van der Waals surface area contributed by atoms with Crippen LogP contribution in [0.25, 0.3) is 16.8 Å². The zero-order valence-electron chi connectivity index (χ0n) is 73.4. The van der Waals surface area contributed by atoms with Crippen LogP contribution in [0.4, 0.5) is 113 Å². The molecular formula is C97H80F19N9O11S3. The van der Waals surface area contributed by atoms with Crippen LogP contribution in [0.2, 0.25) is 0 Å². The highest BCUT2D eigenvalue weighted by atomic mass is 32.1. The van der Waals surface area contributed by atoms with E-state index in [1.54, 1.807) is 129 Å². The number of ether oxygens (including phenoxy) is 7. The van der Waals surface area contributed by atoms with Crippen molar-refractivity contribution in [1.29, 1.82) is 0 Å². The Morgan fingerprint density at radius 3 is 1.02 bits per heavy atom. The number of aryl methyl sites for hydroxylation is 1. The number of thiazole rings is 3. The first-order valence-corrected chi connectivity index (χ1v) is 43.8. The summed E-state index contributed by atoms with van der Waals surface area (Å²) >= 11 is 3.27. The first-order chi connectivity index (χ1) is 65.3. The number of amides is 6. The van der Waals surface area contributed by atoms with Crippen molar-refractivity contribution < 1.29 is 136 Å². The molecule has 13 aromatic rings. The van der Waals surface area contributed by atoms with Crippen molar-refractivity contribution in [3.63, 3.8) is 0 Å².